The third kappa shape index (κ3) is 5.37. The van der Waals surface area contributed by atoms with Crippen molar-refractivity contribution in [2.24, 2.45) is 5.92 Å². The Labute approximate surface area is 157 Å². The second-order valence-corrected chi connectivity index (χ2v) is 8.01. The van der Waals surface area contributed by atoms with Crippen molar-refractivity contribution >= 4 is 17.3 Å². The van der Waals surface area contributed by atoms with Crippen LogP contribution in [0.1, 0.15) is 64.4 Å². The Morgan fingerprint density at radius 2 is 1.92 bits per heavy atom. The van der Waals surface area contributed by atoms with Gasteiger partial charge in [-0.1, -0.05) is 26.8 Å². The van der Waals surface area contributed by atoms with E-state index in [9.17, 15) is 9.90 Å². The summed E-state index contributed by atoms with van der Waals surface area (Å²) < 4.78 is 4.77. The molecule has 0 unspecified atom stereocenters. The van der Waals surface area contributed by atoms with Gasteiger partial charge in [0.15, 0.2) is 0 Å². The van der Waals surface area contributed by atoms with Crippen molar-refractivity contribution in [2.45, 2.75) is 70.9 Å². The number of methoxy groups -OCH3 is 1. The SMILES string of the molecule is COC(=O)C[C@@H](C)c1ccc(N(CC(C)C)C2CCC(O)CC2)c(N)c1. The van der Waals surface area contributed by atoms with Gasteiger partial charge in [-0.15, -0.1) is 0 Å². The first-order chi connectivity index (χ1) is 12.3. The second-order valence-electron chi connectivity index (χ2n) is 8.01. The van der Waals surface area contributed by atoms with Crippen LogP contribution in [0.4, 0.5) is 11.4 Å². The molecule has 1 atom stereocenters. The summed E-state index contributed by atoms with van der Waals surface area (Å²) in [5.41, 5.74) is 9.30. The summed E-state index contributed by atoms with van der Waals surface area (Å²) in [5, 5.41) is 9.82. The number of anilines is 2. The van der Waals surface area contributed by atoms with Gasteiger partial charge in [0, 0.05) is 12.6 Å². The molecule has 0 aromatic heterocycles. The van der Waals surface area contributed by atoms with Crippen molar-refractivity contribution in [3.63, 3.8) is 0 Å². The highest BCUT2D eigenvalue weighted by molar-refractivity contribution is 5.72. The maximum absolute atomic E-state index is 11.5. The normalized spacial score (nSPS) is 21.5. The smallest absolute Gasteiger partial charge is 0.306 e. The number of aliphatic hydroxyl groups excluding tert-OH is 1. The van der Waals surface area contributed by atoms with E-state index in [0.29, 0.717) is 18.4 Å². The van der Waals surface area contributed by atoms with Gasteiger partial charge in [-0.3, -0.25) is 4.79 Å². The molecule has 1 aromatic rings. The molecular weight excluding hydrogens is 328 g/mol. The van der Waals surface area contributed by atoms with Crippen LogP contribution in [0.3, 0.4) is 0 Å². The number of hydrogen-bond donors (Lipinski definition) is 2. The van der Waals surface area contributed by atoms with Gasteiger partial charge in [0.2, 0.25) is 0 Å². The minimum atomic E-state index is -0.206. The molecule has 1 fully saturated rings. The van der Waals surface area contributed by atoms with Crippen LogP contribution in [0.2, 0.25) is 0 Å². The Morgan fingerprint density at radius 1 is 1.27 bits per heavy atom. The first-order valence-electron chi connectivity index (χ1n) is 9.72. The minimum absolute atomic E-state index is 0.0715. The molecule has 0 spiro atoms. The van der Waals surface area contributed by atoms with Crippen LogP contribution in [-0.2, 0) is 9.53 Å². The van der Waals surface area contributed by atoms with Crippen LogP contribution in [-0.4, -0.2) is 36.9 Å². The second kappa shape index (κ2) is 9.26. The zero-order valence-electron chi connectivity index (χ0n) is 16.6. The maximum atomic E-state index is 11.5. The van der Waals surface area contributed by atoms with Crippen molar-refractivity contribution in [1.29, 1.82) is 0 Å². The summed E-state index contributed by atoms with van der Waals surface area (Å²) in [6, 6.07) is 6.57. The fourth-order valence-corrected chi connectivity index (χ4v) is 3.80. The molecule has 0 bridgehead atoms. The van der Waals surface area contributed by atoms with E-state index in [1.807, 2.05) is 13.0 Å². The molecule has 146 valence electrons. The number of carbonyl (C=O) groups excluding carboxylic acids is 1. The molecule has 0 saturated heterocycles. The molecule has 3 N–H and O–H groups in total. The molecule has 5 nitrogen and oxygen atoms in total. The van der Waals surface area contributed by atoms with Crippen LogP contribution >= 0.6 is 0 Å². The third-order valence-electron chi connectivity index (χ3n) is 5.30. The number of ether oxygens (including phenoxy) is 1. The first kappa shape index (κ1) is 20.6. The summed E-state index contributed by atoms with van der Waals surface area (Å²) in [6.07, 6.45) is 3.89. The average Bonchev–Trinajstić information content (AvgIpc) is 2.60. The fourth-order valence-electron chi connectivity index (χ4n) is 3.80. The number of hydrogen-bond acceptors (Lipinski definition) is 5. The number of nitrogen functional groups attached to an aromatic ring is 1. The van der Waals surface area contributed by atoms with Crippen LogP contribution < -0.4 is 10.6 Å². The van der Waals surface area contributed by atoms with Gasteiger partial charge < -0.3 is 20.5 Å². The Balaban J connectivity index is 2.21. The van der Waals surface area contributed by atoms with Crippen LogP contribution in [0.15, 0.2) is 18.2 Å². The topological polar surface area (TPSA) is 75.8 Å². The van der Waals surface area contributed by atoms with E-state index in [0.717, 1.165) is 49.2 Å². The van der Waals surface area contributed by atoms with E-state index >= 15 is 0 Å². The Kier molecular flexibility index (Phi) is 7.33. The molecule has 1 aromatic carbocycles. The van der Waals surface area contributed by atoms with E-state index in [-0.39, 0.29) is 18.0 Å². The van der Waals surface area contributed by atoms with Crippen LogP contribution in [0.5, 0.6) is 0 Å². The number of aliphatic hydroxyl groups is 1. The maximum Gasteiger partial charge on any atom is 0.306 e. The lowest BCUT2D eigenvalue weighted by Crippen LogP contribution is -2.41. The Bertz CT molecular complexity index is 595. The quantitative estimate of drug-likeness (QED) is 0.571. The van der Waals surface area contributed by atoms with Crippen molar-refractivity contribution < 1.29 is 14.6 Å². The summed E-state index contributed by atoms with van der Waals surface area (Å²) in [7, 11) is 1.41. The minimum Gasteiger partial charge on any atom is -0.469 e. The highest BCUT2D eigenvalue weighted by Crippen LogP contribution is 2.34. The predicted molar refractivity (Wildman–Crippen MR) is 106 cm³/mol. The van der Waals surface area contributed by atoms with Crippen LogP contribution in [0, 0.1) is 5.92 Å². The van der Waals surface area contributed by atoms with E-state index in [1.54, 1.807) is 0 Å². The molecule has 0 radical (unpaired) electrons. The number of benzene rings is 1. The van der Waals surface area contributed by atoms with Gasteiger partial charge in [-0.05, 0) is 55.2 Å². The highest BCUT2D eigenvalue weighted by atomic mass is 16.5. The molecule has 26 heavy (non-hydrogen) atoms. The van der Waals surface area contributed by atoms with E-state index in [1.165, 1.54) is 7.11 Å². The summed E-state index contributed by atoms with van der Waals surface area (Å²) >= 11 is 0. The molecular formula is C21H34N2O3. The van der Waals surface area contributed by atoms with E-state index in [4.69, 9.17) is 10.5 Å². The largest absolute Gasteiger partial charge is 0.469 e. The lowest BCUT2D eigenvalue weighted by molar-refractivity contribution is -0.140. The number of esters is 1. The molecule has 1 aliphatic carbocycles. The fraction of sp³-hybridized carbons (Fsp3) is 0.667. The van der Waals surface area contributed by atoms with Crippen LogP contribution in [0.25, 0.3) is 0 Å². The molecule has 1 aliphatic rings. The Hall–Kier alpha value is -1.75. The predicted octanol–water partition coefficient (Wildman–Crippen LogP) is 3.70. The first-order valence-corrected chi connectivity index (χ1v) is 9.72. The summed E-state index contributed by atoms with van der Waals surface area (Å²) in [5.74, 6) is 0.392. The number of carbonyl (C=O) groups is 1. The zero-order chi connectivity index (χ0) is 19.3. The lowest BCUT2D eigenvalue weighted by Gasteiger charge is -2.39. The van der Waals surface area contributed by atoms with Gasteiger partial charge in [0.1, 0.15) is 0 Å². The van der Waals surface area contributed by atoms with E-state index in [2.05, 4.69) is 30.9 Å². The van der Waals surface area contributed by atoms with Gasteiger partial charge in [-0.2, -0.15) is 0 Å². The third-order valence-corrected chi connectivity index (χ3v) is 5.30. The molecule has 2 rings (SSSR count). The van der Waals surface area contributed by atoms with Gasteiger partial charge in [0.25, 0.3) is 0 Å². The van der Waals surface area contributed by atoms with Gasteiger partial charge in [-0.25, -0.2) is 0 Å². The molecule has 0 heterocycles. The number of nitrogens with zero attached hydrogens (tertiary/aromatic N) is 1. The van der Waals surface area contributed by atoms with Crippen molar-refractivity contribution in [3.8, 4) is 0 Å². The standard InChI is InChI=1S/C21H34N2O3/c1-14(2)13-23(17-6-8-18(24)9-7-17)20-10-5-16(12-19(20)22)15(3)11-21(25)26-4/h5,10,12,14-15,17-18,24H,6-9,11,13,22H2,1-4H3/t15-,17?,18?/m1/s1. The summed E-state index contributed by atoms with van der Waals surface area (Å²) in [6.45, 7) is 7.39. The van der Waals surface area contributed by atoms with Crippen molar-refractivity contribution in [3.05, 3.63) is 23.8 Å². The molecule has 0 amide bonds. The van der Waals surface area contributed by atoms with Gasteiger partial charge >= 0.3 is 5.97 Å². The van der Waals surface area contributed by atoms with E-state index < -0.39 is 0 Å². The lowest BCUT2D eigenvalue weighted by atomic mass is 9.90. The molecule has 5 heteroatoms. The van der Waals surface area contributed by atoms with Crippen molar-refractivity contribution in [2.75, 3.05) is 24.3 Å². The average molecular weight is 363 g/mol. The molecule has 1 saturated carbocycles. The summed E-state index contributed by atoms with van der Waals surface area (Å²) in [4.78, 5) is 13.9. The monoisotopic (exact) mass is 362 g/mol. The van der Waals surface area contributed by atoms with Crippen molar-refractivity contribution in [1.82, 2.24) is 0 Å². The number of nitrogens with two attached hydrogens (primary N) is 1. The zero-order valence-corrected chi connectivity index (χ0v) is 16.6. The number of rotatable bonds is 7. The Morgan fingerprint density at radius 3 is 2.46 bits per heavy atom. The highest BCUT2D eigenvalue weighted by Gasteiger charge is 2.27. The molecule has 0 aliphatic heterocycles. The van der Waals surface area contributed by atoms with Gasteiger partial charge in [0.05, 0.1) is 31.0 Å².